The third-order valence-electron chi connectivity index (χ3n) is 2.99. The lowest BCUT2D eigenvalue weighted by Gasteiger charge is -2.22. The predicted octanol–water partition coefficient (Wildman–Crippen LogP) is 3.12. The number of likely N-dealkylation sites (tertiary alicyclic amines) is 1. The zero-order chi connectivity index (χ0) is 11.6. The summed E-state index contributed by atoms with van der Waals surface area (Å²) in [6, 6.07) is 10.1. The average Bonchev–Trinajstić information content (AvgIpc) is 2.60. The van der Waals surface area contributed by atoms with Gasteiger partial charge in [0.15, 0.2) is 5.11 Å². The second kappa shape index (κ2) is 4.42. The van der Waals surface area contributed by atoms with Crippen LogP contribution in [0.4, 0.5) is 5.69 Å². The number of rotatable bonds is 1. The van der Waals surface area contributed by atoms with Crippen LogP contribution in [0.3, 0.4) is 0 Å². The highest BCUT2D eigenvalue weighted by Gasteiger charge is 2.30. The molecule has 2 rings (SSSR count). The second-order valence-corrected chi connectivity index (χ2v) is 5.52. The minimum Gasteiger partial charge on any atom is -0.348 e. The fourth-order valence-corrected chi connectivity index (χ4v) is 2.28. The molecule has 0 saturated carbocycles. The van der Waals surface area contributed by atoms with E-state index in [1.807, 2.05) is 30.3 Å². The first-order valence-electron chi connectivity index (χ1n) is 5.68. The van der Waals surface area contributed by atoms with Crippen molar-refractivity contribution in [3.05, 3.63) is 30.3 Å². The topological polar surface area (TPSA) is 15.3 Å². The molecule has 0 aliphatic carbocycles. The van der Waals surface area contributed by atoms with Crippen molar-refractivity contribution in [2.45, 2.75) is 20.3 Å². The third-order valence-corrected chi connectivity index (χ3v) is 3.35. The van der Waals surface area contributed by atoms with E-state index in [9.17, 15) is 0 Å². The molecule has 16 heavy (non-hydrogen) atoms. The molecular weight excluding hydrogens is 216 g/mol. The maximum Gasteiger partial charge on any atom is 0.173 e. The fourth-order valence-electron chi connectivity index (χ4n) is 2.01. The van der Waals surface area contributed by atoms with Crippen molar-refractivity contribution >= 4 is 23.0 Å². The molecule has 1 fully saturated rings. The fraction of sp³-hybridized carbons (Fsp3) is 0.462. The van der Waals surface area contributed by atoms with Gasteiger partial charge in [-0.3, -0.25) is 0 Å². The molecule has 0 atom stereocenters. The van der Waals surface area contributed by atoms with E-state index in [-0.39, 0.29) is 0 Å². The Labute approximate surface area is 103 Å². The van der Waals surface area contributed by atoms with Gasteiger partial charge in [0, 0.05) is 18.8 Å². The molecule has 2 nitrogen and oxygen atoms in total. The molecule has 3 heteroatoms. The highest BCUT2D eigenvalue weighted by molar-refractivity contribution is 7.80. The smallest absolute Gasteiger partial charge is 0.173 e. The summed E-state index contributed by atoms with van der Waals surface area (Å²) in [6.45, 7) is 6.69. The van der Waals surface area contributed by atoms with Crippen molar-refractivity contribution in [2.24, 2.45) is 5.41 Å². The highest BCUT2D eigenvalue weighted by Crippen LogP contribution is 2.29. The van der Waals surface area contributed by atoms with E-state index >= 15 is 0 Å². The van der Waals surface area contributed by atoms with Gasteiger partial charge in [0.05, 0.1) is 0 Å². The molecule has 1 saturated heterocycles. The molecule has 0 bridgehead atoms. The number of hydrogen-bond acceptors (Lipinski definition) is 1. The van der Waals surface area contributed by atoms with Crippen LogP contribution in [0.1, 0.15) is 20.3 Å². The lowest BCUT2D eigenvalue weighted by Crippen LogP contribution is -2.33. The zero-order valence-electron chi connectivity index (χ0n) is 9.86. The maximum atomic E-state index is 5.41. The number of thiocarbonyl (C=S) groups is 1. The summed E-state index contributed by atoms with van der Waals surface area (Å²) >= 11 is 5.41. The average molecular weight is 234 g/mol. The van der Waals surface area contributed by atoms with Gasteiger partial charge in [0.2, 0.25) is 0 Å². The molecule has 0 unspecified atom stereocenters. The summed E-state index contributed by atoms with van der Waals surface area (Å²) in [5.74, 6) is 0. The van der Waals surface area contributed by atoms with Gasteiger partial charge in [-0.15, -0.1) is 0 Å². The van der Waals surface area contributed by atoms with Crippen molar-refractivity contribution in [2.75, 3.05) is 18.4 Å². The summed E-state index contributed by atoms with van der Waals surface area (Å²) in [4.78, 5) is 2.25. The van der Waals surface area contributed by atoms with E-state index in [0.29, 0.717) is 5.41 Å². The number of hydrogen-bond donors (Lipinski definition) is 1. The van der Waals surface area contributed by atoms with Crippen LogP contribution in [0.15, 0.2) is 30.3 Å². The Morgan fingerprint density at radius 2 is 2.00 bits per heavy atom. The maximum absolute atomic E-state index is 5.41. The van der Waals surface area contributed by atoms with Crippen LogP contribution in [0.5, 0.6) is 0 Å². The number of nitrogens with zero attached hydrogens (tertiary/aromatic N) is 1. The van der Waals surface area contributed by atoms with Crippen LogP contribution < -0.4 is 5.32 Å². The second-order valence-electron chi connectivity index (χ2n) is 5.13. The first kappa shape index (κ1) is 11.4. The number of para-hydroxylation sites is 1. The molecule has 86 valence electrons. The Balaban J connectivity index is 1.95. The van der Waals surface area contributed by atoms with Gasteiger partial charge in [-0.05, 0) is 36.2 Å². The minimum atomic E-state index is 0.391. The van der Waals surface area contributed by atoms with Gasteiger partial charge >= 0.3 is 0 Å². The van der Waals surface area contributed by atoms with Crippen molar-refractivity contribution in [1.82, 2.24) is 4.90 Å². The van der Waals surface area contributed by atoms with Crippen molar-refractivity contribution in [3.8, 4) is 0 Å². The molecule has 1 aromatic carbocycles. The monoisotopic (exact) mass is 234 g/mol. The van der Waals surface area contributed by atoms with Crippen LogP contribution in [-0.2, 0) is 0 Å². The molecule has 0 spiro atoms. The number of benzene rings is 1. The summed E-state index contributed by atoms with van der Waals surface area (Å²) in [6.07, 6.45) is 1.21. The van der Waals surface area contributed by atoms with Gasteiger partial charge in [-0.25, -0.2) is 0 Å². The Hall–Kier alpha value is -1.09. The summed E-state index contributed by atoms with van der Waals surface area (Å²) in [5.41, 5.74) is 1.46. The minimum absolute atomic E-state index is 0.391. The Bertz CT molecular complexity index is 373. The number of nitrogens with one attached hydrogen (secondary N) is 1. The SMILES string of the molecule is CC1(C)CCN(C(=S)Nc2ccccc2)C1. The van der Waals surface area contributed by atoms with Crippen molar-refractivity contribution in [1.29, 1.82) is 0 Å². The van der Waals surface area contributed by atoms with Gasteiger partial charge < -0.3 is 10.2 Å². The highest BCUT2D eigenvalue weighted by atomic mass is 32.1. The Morgan fingerprint density at radius 3 is 2.56 bits per heavy atom. The largest absolute Gasteiger partial charge is 0.348 e. The lowest BCUT2D eigenvalue weighted by atomic mass is 9.93. The molecular formula is C13H18N2S. The summed E-state index contributed by atoms with van der Waals surface area (Å²) in [5, 5.41) is 4.12. The van der Waals surface area contributed by atoms with Crippen LogP contribution in [0.2, 0.25) is 0 Å². The lowest BCUT2D eigenvalue weighted by molar-refractivity contribution is 0.377. The quantitative estimate of drug-likeness (QED) is 0.752. The first-order chi connectivity index (χ1) is 7.57. The van der Waals surface area contributed by atoms with Crippen LogP contribution in [0, 0.1) is 5.41 Å². The predicted molar refractivity (Wildman–Crippen MR) is 72.6 cm³/mol. The van der Waals surface area contributed by atoms with E-state index in [1.165, 1.54) is 6.42 Å². The molecule has 1 heterocycles. The van der Waals surface area contributed by atoms with Crippen LogP contribution >= 0.6 is 12.2 Å². The van der Waals surface area contributed by atoms with Gasteiger partial charge in [0.1, 0.15) is 0 Å². The normalized spacial score (nSPS) is 18.5. The molecule has 0 aromatic heterocycles. The van der Waals surface area contributed by atoms with E-state index in [4.69, 9.17) is 12.2 Å². The Kier molecular flexibility index (Phi) is 3.15. The van der Waals surface area contributed by atoms with E-state index in [0.717, 1.165) is 23.9 Å². The van der Waals surface area contributed by atoms with Gasteiger partial charge in [0.25, 0.3) is 0 Å². The van der Waals surface area contributed by atoms with E-state index < -0.39 is 0 Å². The van der Waals surface area contributed by atoms with Crippen LogP contribution in [0.25, 0.3) is 0 Å². The first-order valence-corrected chi connectivity index (χ1v) is 6.09. The van der Waals surface area contributed by atoms with E-state index in [2.05, 4.69) is 24.1 Å². The standard InChI is InChI=1S/C13H18N2S/c1-13(2)8-9-15(10-13)12(16)14-11-6-4-3-5-7-11/h3-7H,8-10H2,1-2H3,(H,14,16). The zero-order valence-corrected chi connectivity index (χ0v) is 10.7. The number of anilines is 1. The molecule has 1 aromatic rings. The third kappa shape index (κ3) is 2.73. The van der Waals surface area contributed by atoms with Crippen molar-refractivity contribution in [3.63, 3.8) is 0 Å². The molecule has 1 N–H and O–H groups in total. The summed E-state index contributed by atoms with van der Waals surface area (Å²) in [7, 11) is 0. The molecule has 1 aliphatic rings. The van der Waals surface area contributed by atoms with Gasteiger partial charge in [-0.2, -0.15) is 0 Å². The molecule has 0 amide bonds. The summed E-state index contributed by atoms with van der Waals surface area (Å²) < 4.78 is 0. The molecule has 0 radical (unpaired) electrons. The van der Waals surface area contributed by atoms with Crippen molar-refractivity contribution < 1.29 is 0 Å². The molecule has 1 aliphatic heterocycles. The van der Waals surface area contributed by atoms with E-state index in [1.54, 1.807) is 0 Å². The Morgan fingerprint density at radius 1 is 1.31 bits per heavy atom. The van der Waals surface area contributed by atoms with Crippen LogP contribution in [-0.4, -0.2) is 23.1 Å². The van der Waals surface area contributed by atoms with Gasteiger partial charge in [-0.1, -0.05) is 32.0 Å².